The van der Waals surface area contributed by atoms with E-state index in [0.717, 1.165) is 0 Å². The first-order valence-corrected chi connectivity index (χ1v) is 14.9. The number of rotatable bonds is 18. The molecule has 0 bridgehead atoms. The van der Waals surface area contributed by atoms with Gasteiger partial charge in [0, 0.05) is 12.1 Å². The third kappa shape index (κ3) is 12.6. The molecule has 0 saturated heterocycles. The van der Waals surface area contributed by atoms with E-state index in [1.165, 1.54) is 0 Å². The van der Waals surface area contributed by atoms with Gasteiger partial charge in [0.2, 0.25) is 11.5 Å². The van der Waals surface area contributed by atoms with Crippen molar-refractivity contribution in [3.8, 4) is 23.0 Å². The minimum atomic E-state index is -5.09. The highest BCUT2D eigenvalue weighted by atomic mass is 32.3. The number of ether oxygens (including phenoxy) is 4. The quantitative estimate of drug-likeness (QED) is 0.0549. The van der Waals surface area contributed by atoms with Crippen molar-refractivity contribution in [3.05, 3.63) is 60.1 Å². The molecule has 0 saturated carbocycles. The van der Waals surface area contributed by atoms with Crippen LogP contribution in [0.4, 0.5) is 35.1 Å². The predicted molar refractivity (Wildman–Crippen MR) is 128 cm³/mol. The Bertz CT molecular complexity index is 1590. The van der Waals surface area contributed by atoms with Gasteiger partial charge in [0.1, 0.15) is 26.4 Å². The number of hydrogen-bond donors (Lipinski definition) is 2. The summed E-state index contributed by atoms with van der Waals surface area (Å²) in [7, 11) is -13.0. The molecule has 0 amide bonds. The zero-order chi connectivity index (χ0) is 34.8. The van der Waals surface area contributed by atoms with Gasteiger partial charge >= 0.3 is 45.0 Å². The van der Waals surface area contributed by atoms with E-state index in [-0.39, 0.29) is 0 Å². The van der Waals surface area contributed by atoms with Gasteiger partial charge in [-0.2, -0.15) is 43.2 Å². The van der Waals surface area contributed by atoms with E-state index in [9.17, 15) is 56.2 Å². The summed E-state index contributed by atoms with van der Waals surface area (Å²) in [6.45, 7) is -3.50. The van der Waals surface area contributed by atoms with Gasteiger partial charge in [-0.15, -0.1) is 0 Å². The highest BCUT2D eigenvalue weighted by molar-refractivity contribution is 7.85. The molecule has 0 aromatic heterocycles. The topological polar surface area (TPSA) is 200 Å². The molecule has 0 aliphatic carbocycles. The van der Waals surface area contributed by atoms with Crippen molar-refractivity contribution >= 4 is 31.6 Å². The Balaban J connectivity index is 2.49. The van der Waals surface area contributed by atoms with Crippen LogP contribution in [0.5, 0.6) is 23.0 Å². The van der Waals surface area contributed by atoms with Gasteiger partial charge in [0.15, 0.2) is 23.1 Å². The van der Waals surface area contributed by atoms with E-state index >= 15 is 0 Å². The molecule has 2 aromatic carbocycles. The van der Waals surface area contributed by atoms with Crippen LogP contribution in [0.15, 0.2) is 58.2 Å². The molecule has 0 aliphatic rings. The van der Waals surface area contributed by atoms with Crippen LogP contribution in [-0.2, 0) is 50.0 Å². The largest absolute Gasteiger partial charge is 0.487 e. The monoisotopic (exact) mass is 742 g/mol. The van der Waals surface area contributed by atoms with E-state index in [2.05, 4.69) is 27.9 Å². The highest BCUT2D eigenvalue weighted by Gasteiger charge is 2.25. The standard InChI is InChI=1S/C20H14F8O15S3/c21-11-5-9(7-13(15(11)40-19(27)17(23)24)36-1-3-38-42-45(30,31)32)44(29)10-6-12(22)16(41-20(28)18(25)26)14(8-10)37-2-4-39-43-46(33,34)35/h5-8H,1-4H2,(H,30,31,32)(H,33,34,35). The average molecular weight is 743 g/mol. The van der Waals surface area contributed by atoms with Crippen LogP contribution in [0.1, 0.15) is 0 Å². The fourth-order valence-electron chi connectivity index (χ4n) is 2.67. The molecule has 0 fully saturated rings. The van der Waals surface area contributed by atoms with Gasteiger partial charge in [0.05, 0.1) is 20.6 Å². The highest BCUT2D eigenvalue weighted by Crippen LogP contribution is 2.39. The van der Waals surface area contributed by atoms with Gasteiger partial charge in [-0.25, -0.2) is 22.8 Å². The van der Waals surface area contributed by atoms with E-state index in [4.69, 9.17) is 18.6 Å². The van der Waals surface area contributed by atoms with Crippen LogP contribution in [0.25, 0.3) is 0 Å². The van der Waals surface area contributed by atoms with Crippen LogP contribution in [0.3, 0.4) is 0 Å². The van der Waals surface area contributed by atoms with Gasteiger partial charge in [0.25, 0.3) is 0 Å². The van der Waals surface area contributed by atoms with Crippen molar-refractivity contribution in [1.29, 1.82) is 0 Å². The number of halogens is 8. The molecule has 2 rings (SSSR count). The maximum atomic E-state index is 14.8. The number of hydrogen-bond acceptors (Lipinski definition) is 13. The first kappa shape index (κ1) is 38.6. The molecule has 46 heavy (non-hydrogen) atoms. The van der Waals surface area contributed by atoms with E-state index in [1.807, 2.05) is 0 Å². The molecule has 0 heterocycles. The van der Waals surface area contributed by atoms with E-state index < -0.39 is 127 Å². The lowest BCUT2D eigenvalue weighted by Crippen LogP contribution is -2.12. The Hall–Kier alpha value is -3.63. The van der Waals surface area contributed by atoms with E-state index in [0.29, 0.717) is 24.3 Å². The Labute approximate surface area is 253 Å². The molecule has 0 unspecified atom stereocenters. The van der Waals surface area contributed by atoms with Crippen LogP contribution < -0.4 is 18.9 Å². The summed E-state index contributed by atoms with van der Waals surface area (Å²) < 4.78 is 204. The van der Waals surface area contributed by atoms with Crippen molar-refractivity contribution in [2.75, 3.05) is 26.4 Å². The molecular formula is C20H14F8O15S3. The molecule has 0 atom stereocenters. The molecule has 0 aliphatic heterocycles. The molecular weight excluding hydrogens is 728 g/mol. The zero-order valence-corrected chi connectivity index (χ0v) is 24.0. The maximum Gasteiger partial charge on any atom is 0.424 e. The Morgan fingerprint density at radius 2 is 0.978 bits per heavy atom. The predicted octanol–water partition coefficient (Wildman–Crippen LogP) is 4.22. The van der Waals surface area contributed by atoms with E-state index in [1.54, 1.807) is 0 Å². The van der Waals surface area contributed by atoms with Crippen LogP contribution in [0.2, 0.25) is 0 Å². The fraction of sp³-hybridized carbons (Fsp3) is 0.200. The smallest absolute Gasteiger partial charge is 0.424 e. The van der Waals surface area contributed by atoms with Crippen molar-refractivity contribution in [2.45, 2.75) is 9.79 Å². The summed E-state index contributed by atoms with van der Waals surface area (Å²) in [6, 6.07) is -3.51. The zero-order valence-electron chi connectivity index (χ0n) is 21.6. The van der Waals surface area contributed by atoms with Crippen LogP contribution >= 0.6 is 0 Å². The van der Waals surface area contributed by atoms with Gasteiger partial charge in [-0.3, -0.25) is 9.11 Å². The maximum absolute atomic E-state index is 14.8. The minimum Gasteiger partial charge on any atom is -0.487 e. The van der Waals surface area contributed by atoms with Crippen molar-refractivity contribution in [3.63, 3.8) is 0 Å². The lowest BCUT2D eigenvalue weighted by Gasteiger charge is -2.15. The summed E-state index contributed by atoms with van der Waals surface area (Å²) in [5, 5.41) is 0. The number of benzene rings is 2. The third-order valence-electron chi connectivity index (χ3n) is 4.19. The fourth-order valence-corrected chi connectivity index (χ4v) is 4.17. The molecule has 0 spiro atoms. The molecule has 26 heteroatoms. The molecule has 2 aromatic rings. The summed E-state index contributed by atoms with van der Waals surface area (Å²) >= 11 is 0. The second-order valence-electron chi connectivity index (χ2n) is 7.34. The van der Waals surface area contributed by atoms with Gasteiger partial charge < -0.3 is 18.9 Å². The summed E-state index contributed by atoms with van der Waals surface area (Å²) in [4.78, 5) is 6.61. The SMILES string of the molecule is O=S(c1cc(F)c(OC(F)=C(F)F)c(OCCOOS(=O)(=O)O)c1)c1cc(F)c(OC(F)=C(F)F)c(OCCOOS(=O)(=O)O)c1. The average Bonchev–Trinajstić information content (AvgIpc) is 2.93. The summed E-state index contributed by atoms with van der Waals surface area (Å²) in [5.74, 6) is -8.24. The minimum absolute atomic E-state index is 0.296. The van der Waals surface area contributed by atoms with Gasteiger partial charge in [-0.05, 0) is 12.1 Å². The summed E-state index contributed by atoms with van der Waals surface area (Å²) in [6.07, 6.45) is -6.11. The van der Waals surface area contributed by atoms with Crippen molar-refractivity contribution in [1.82, 2.24) is 0 Å². The van der Waals surface area contributed by atoms with Gasteiger partial charge in [-0.1, -0.05) is 8.67 Å². The van der Waals surface area contributed by atoms with Crippen LogP contribution in [0, 0.1) is 11.6 Å². The lowest BCUT2D eigenvalue weighted by atomic mass is 10.3. The first-order valence-electron chi connectivity index (χ1n) is 11.0. The Kier molecular flexibility index (Phi) is 14.1. The summed E-state index contributed by atoms with van der Waals surface area (Å²) in [5.41, 5.74) is 0. The Morgan fingerprint density at radius 3 is 1.28 bits per heavy atom. The molecule has 258 valence electrons. The second kappa shape index (κ2) is 16.8. The lowest BCUT2D eigenvalue weighted by molar-refractivity contribution is -0.211. The van der Waals surface area contributed by atoms with Crippen molar-refractivity contribution < 1.29 is 103 Å². The Morgan fingerprint density at radius 1 is 0.630 bits per heavy atom. The second-order valence-corrected chi connectivity index (χ2v) is 10.8. The van der Waals surface area contributed by atoms with Crippen molar-refractivity contribution in [2.24, 2.45) is 0 Å². The molecule has 0 radical (unpaired) electrons. The van der Waals surface area contributed by atoms with Crippen LogP contribution in [-0.4, -0.2) is 56.6 Å². The molecule has 2 N–H and O–H groups in total. The third-order valence-corrected chi connectivity index (χ3v) is 6.06. The normalized spacial score (nSPS) is 11.7. The first-order chi connectivity index (χ1) is 21.3. The molecule has 15 nitrogen and oxygen atoms in total.